The Balaban J connectivity index is 1.67. The lowest BCUT2D eigenvalue weighted by Crippen LogP contribution is -2.29. The van der Waals surface area contributed by atoms with Crippen LogP contribution in [0.25, 0.3) is 10.8 Å². The number of carbonyl (C=O) groups excluding carboxylic acids is 1. The molecule has 0 bridgehead atoms. The maximum absolute atomic E-state index is 14.2. The minimum Gasteiger partial charge on any atom is -0.343 e. The summed E-state index contributed by atoms with van der Waals surface area (Å²) in [6, 6.07) is 14.0. The summed E-state index contributed by atoms with van der Waals surface area (Å²) in [5.74, 6) is -0.620. The third-order valence-electron chi connectivity index (χ3n) is 5.60. The lowest BCUT2D eigenvalue weighted by molar-refractivity contribution is -0.117. The van der Waals surface area contributed by atoms with Crippen molar-refractivity contribution in [2.24, 2.45) is 0 Å². The van der Waals surface area contributed by atoms with Crippen LogP contribution in [0.5, 0.6) is 0 Å². The Labute approximate surface area is 178 Å². The molecule has 1 N–H and O–H groups in total. The number of anilines is 1. The van der Waals surface area contributed by atoms with Gasteiger partial charge in [0.05, 0.1) is 18.1 Å². The van der Waals surface area contributed by atoms with Crippen LogP contribution in [0.15, 0.2) is 59.5 Å². The number of hydrogen-bond donors (Lipinski definition) is 1. The first-order valence-corrected chi connectivity index (χ1v) is 10.0. The number of halogens is 1. The van der Waals surface area contributed by atoms with E-state index < -0.39 is 0 Å². The molecule has 0 radical (unpaired) electrons. The Bertz CT molecular complexity index is 1350. The average Bonchev–Trinajstić information content (AvgIpc) is 2.98. The quantitative estimate of drug-likeness (QED) is 0.534. The predicted molar refractivity (Wildman–Crippen MR) is 119 cm³/mol. The maximum Gasteiger partial charge on any atom is 0.276 e. The van der Waals surface area contributed by atoms with E-state index >= 15 is 0 Å². The molecule has 2 aromatic carbocycles. The SMILES string of the molecule is Cc1ccccc1NC(=O)Cn1ncc2c(C)n(Cc3ccccc3F)c(C)c2c1=O. The average molecular weight is 418 g/mol. The summed E-state index contributed by atoms with van der Waals surface area (Å²) in [7, 11) is 0. The summed E-state index contributed by atoms with van der Waals surface area (Å²) < 4.78 is 17.2. The highest BCUT2D eigenvalue weighted by Gasteiger charge is 2.18. The van der Waals surface area contributed by atoms with Crippen molar-refractivity contribution in [3.8, 4) is 0 Å². The molecule has 4 aromatic rings. The molecule has 0 atom stereocenters. The van der Waals surface area contributed by atoms with Gasteiger partial charge < -0.3 is 9.88 Å². The number of fused-ring (bicyclic) bond motifs is 1. The number of carbonyl (C=O) groups is 1. The summed E-state index contributed by atoms with van der Waals surface area (Å²) >= 11 is 0. The predicted octanol–water partition coefficient (Wildman–Crippen LogP) is 3.95. The third-order valence-corrected chi connectivity index (χ3v) is 5.60. The van der Waals surface area contributed by atoms with Gasteiger partial charge in [0.2, 0.25) is 5.91 Å². The van der Waals surface area contributed by atoms with E-state index in [0.717, 1.165) is 21.6 Å². The highest BCUT2D eigenvalue weighted by Crippen LogP contribution is 2.23. The van der Waals surface area contributed by atoms with Crippen LogP contribution >= 0.6 is 0 Å². The van der Waals surface area contributed by atoms with Gasteiger partial charge in [0.25, 0.3) is 5.56 Å². The van der Waals surface area contributed by atoms with Gasteiger partial charge in [0, 0.05) is 28.0 Å². The molecule has 1 amide bonds. The highest BCUT2D eigenvalue weighted by atomic mass is 19.1. The van der Waals surface area contributed by atoms with Crippen molar-refractivity contribution in [3.63, 3.8) is 0 Å². The zero-order valence-electron chi connectivity index (χ0n) is 17.6. The molecule has 0 aliphatic heterocycles. The van der Waals surface area contributed by atoms with E-state index in [-0.39, 0.29) is 23.8 Å². The summed E-state index contributed by atoms with van der Waals surface area (Å²) in [5, 5.41) is 8.22. The second kappa shape index (κ2) is 8.18. The molecule has 0 saturated carbocycles. The molecule has 4 rings (SSSR count). The van der Waals surface area contributed by atoms with Gasteiger partial charge >= 0.3 is 0 Å². The zero-order valence-corrected chi connectivity index (χ0v) is 17.6. The molecular formula is C24H23FN4O2. The Hall–Kier alpha value is -3.74. The van der Waals surface area contributed by atoms with E-state index in [4.69, 9.17) is 0 Å². The number of amides is 1. The van der Waals surface area contributed by atoms with E-state index in [1.165, 1.54) is 6.07 Å². The van der Waals surface area contributed by atoms with E-state index in [1.807, 2.05) is 49.6 Å². The number of para-hydroxylation sites is 1. The van der Waals surface area contributed by atoms with Crippen molar-refractivity contribution in [1.82, 2.24) is 14.3 Å². The van der Waals surface area contributed by atoms with Crippen LogP contribution < -0.4 is 10.9 Å². The second-order valence-corrected chi connectivity index (χ2v) is 7.61. The van der Waals surface area contributed by atoms with Crippen LogP contribution in [-0.4, -0.2) is 20.3 Å². The molecule has 158 valence electrons. The van der Waals surface area contributed by atoms with Crippen molar-refractivity contribution < 1.29 is 9.18 Å². The summed E-state index contributed by atoms with van der Waals surface area (Å²) in [4.78, 5) is 25.6. The number of hydrogen-bond acceptors (Lipinski definition) is 3. The first kappa shape index (κ1) is 20.5. The summed E-state index contributed by atoms with van der Waals surface area (Å²) in [5.41, 5.74) is 3.38. The first-order chi connectivity index (χ1) is 14.9. The van der Waals surface area contributed by atoms with E-state index in [0.29, 0.717) is 28.6 Å². The molecule has 0 aliphatic rings. The van der Waals surface area contributed by atoms with Crippen LogP contribution in [0.1, 0.15) is 22.5 Å². The van der Waals surface area contributed by atoms with E-state index in [2.05, 4.69) is 10.4 Å². The Morgan fingerprint density at radius 3 is 2.48 bits per heavy atom. The molecular weight excluding hydrogens is 395 g/mol. The Kier molecular flexibility index (Phi) is 5.42. The molecule has 0 fully saturated rings. The van der Waals surface area contributed by atoms with Crippen LogP contribution in [0.2, 0.25) is 0 Å². The number of nitrogens with one attached hydrogen (secondary N) is 1. The van der Waals surface area contributed by atoms with Crippen molar-refractivity contribution >= 4 is 22.4 Å². The number of nitrogens with zero attached hydrogens (tertiary/aromatic N) is 3. The molecule has 0 saturated heterocycles. The van der Waals surface area contributed by atoms with Crippen molar-refractivity contribution in [2.75, 3.05) is 5.32 Å². The van der Waals surface area contributed by atoms with Gasteiger partial charge in [-0.1, -0.05) is 36.4 Å². The van der Waals surface area contributed by atoms with Gasteiger partial charge in [-0.3, -0.25) is 9.59 Å². The molecule has 7 heteroatoms. The number of aromatic nitrogens is 3. The minimum atomic E-state index is -0.342. The normalized spacial score (nSPS) is 11.1. The standard InChI is InChI=1S/C24H23FN4O2/c1-15-8-4-7-11-21(15)27-22(30)14-29-24(31)23-17(3)28(16(2)19(23)12-26-29)13-18-9-5-6-10-20(18)25/h4-12H,13-14H2,1-3H3,(H,27,30). The largest absolute Gasteiger partial charge is 0.343 e. The van der Waals surface area contributed by atoms with E-state index in [9.17, 15) is 14.0 Å². The summed E-state index contributed by atoms with van der Waals surface area (Å²) in [6.45, 7) is 5.73. The number of rotatable bonds is 5. The van der Waals surface area contributed by atoms with Crippen LogP contribution in [-0.2, 0) is 17.9 Å². The first-order valence-electron chi connectivity index (χ1n) is 10.0. The van der Waals surface area contributed by atoms with Crippen molar-refractivity contribution in [1.29, 1.82) is 0 Å². The topological polar surface area (TPSA) is 68.9 Å². The lowest BCUT2D eigenvalue weighted by Gasteiger charge is -2.10. The van der Waals surface area contributed by atoms with Crippen LogP contribution in [0, 0.1) is 26.6 Å². The Morgan fingerprint density at radius 1 is 1.03 bits per heavy atom. The van der Waals surface area contributed by atoms with Gasteiger partial charge in [0.15, 0.2) is 0 Å². The minimum absolute atomic E-state index is 0.194. The van der Waals surface area contributed by atoms with Crippen LogP contribution in [0.3, 0.4) is 0 Å². The molecule has 0 unspecified atom stereocenters. The second-order valence-electron chi connectivity index (χ2n) is 7.61. The third kappa shape index (κ3) is 3.86. The molecule has 2 aromatic heterocycles. The number of benzene rings is 2. The van der Waals surface area contributed by atoms with Gasteiger partial charge in [-0.25, -0.2) is 9.07 Å². The zero-order chi connectivity index (χ0) is 22.1. The fraction of sp³-hybridized carbons (Fsp3) is 0.208. The highest BCUT2D eigenvalue weighted by molar-refractivity contribution is 5.92. The van der Waals surface area contributed by atoms with Gasteiger partial charge in [-0.05, 0) is 38.5 Å². The number of aryl methyl sites for hydroxylation is 3. The summed E-state index contributed by atoms with van der Waals surface area (Å²) in [6.07, 6.45) is 1.60. The molecule has 2 heterocycles. The van der Waals surface area contributed by atoms with Gasteiger partial charge in [0.1, 0.15) is 12.4 Å². The van der Waals surface area contributed by atoms with Gasteiger partial charge in [-0.2, -0.15) is 5.10 Å². The fourth-order valence-corrected chi connectivity index (χ4v) is 3.83. The lowest BCUT2D eigenvalue weighted by atomic mass is 10.2. The smallest absolute Gasteiger partial charge is 0.276 e. The van der Waals surface area contributed by atoms with Gasteiger partial charge in [-0.15, -0.1) is 0 Å². The molecule has 0 aliphatic carbocycles. The molecule has 31 heavy (non-hydrogen) atoms. The fourth-order valence-electron chi connectivity index (χ4n) is 3.83. The maximum atomic E-state index is 14.2. The van der Waals surface area contributed by atoms with Crippen LogP contribution in [0.4, 0.5) is 10.1 Å². The monoisotopic (exact) mass is 418 g/mol. The van der Waals surface area contributed by atoms with Crippen molar-refractivity contribution in [2.45, 2.75) is 33.9 Å². The molecule has 6 nitrogen and oxygen atoms in total. The Morgan fingerprint density at radius 2 is 1.74 bits per heavy atom. The van der Waals surface area contributed by atoms with E-state index in [1.54, 1.807) is 24.4 Å². The van der Waals surface area contributed by atoms with Crippen molar-refractivity contribution in [3.05, 3.63) is 93.4 Å². The molecule has 0 spiro atoms.